The molecule has 5 nitrogen and oxygen atoms in total. The van der Waals surface area contributed by atoms with Crippen molar-refractivity contribution in [2.75, 3.05) is 13.2 Å². The Morgan fingerprint density at radius 1 is 1.43 bits per heavy atom. The molecule has 0 bridgehead atoms. The van der Waals surface area contributed by atoms with Gasteiger partial charge in [0.05, 0.1) is 18.0 Å². The van der Waals surface area contributed by atoms with E-state index in [9.17, 15) is 13.7 Å². The summed E-state index contributed by atoms with van der Waals surface area (Å²) in [5, 5.41) is 11.0. The number of ether oxygens (including phenoxy) is 2. The van der Waals surface area contributed by atoms with E-state index in [1.54, 1.807) is 26.8 Å². The van der Waals surface area contributed by atoms with Crippen LogP contribution in [0.2, 0.25) is 0 Å². The van der Waals surface area contributed by atoms with E-state index >= 15 is 0 Å². The van der Waals surface area contributed by atoms with Gasteiger partial charge in [0.15, 0.2) is 16.1 Å². The summed E-state index contributed by atoms with van der Waals surface area (Å²) in [6.45, 7) is 5.74. The molecule has 0 amide bonds. The van der Waals surface area contributed by atoms with Crippen molar-refractivity contribution in [1.82, 2.24) is 0 Å². The van der Waals surface area contributed by atoms with Crippen LogP contribution in [0.5, 0.6) is 0 Å². The van der Waals surface area contributed by atoms with Crippen LogP contribution >= 0.6 is 11.3 Å². The molecule has 114 valence electrons. The minimum atomic E-state index is -3.68. The van der Waals surface area contributed by atoms with Gasteiger partial charge in [0.2, 0.25) is 0 Å². The Hall–Kier alpha value is -1.20. The van der Waals surface area contributed by atoms with Crippen LogP contribution in [0.3, 0.4) is 0 Å². The molecule has 1 aliphatic heterocycles. The lowest BCUT2D eigenvalue weighted by atomic mass is 10.2. The maximum Gasteiger partial charge on any atom is 0.193 e. The Balaban J connectivity index is 2.43. The Kier molecular flexibility index (Phi) is 4.54. The number of nitrogens with zero attached hydrogens (tertiary/aromatic N) is 1. The molecule has 1 aromatic heterocycles. The first-order chi connectivity index (χ1) is 9.77. The van der Waals surface area contributed by atoms with Crippen molar-refractivity contribution in [1.29, 1.82) is 5.26 Å². The fraction of sp³-hybridized carbons (Fsp3) is 0.500. The van der Waals surface area contributed by atoms with Crippen molar-refractivity contribution in [2.45, 2.75) is 31.8 Å². The molecule has 21 heavy (non-hydrogen) atoms. The number of hydrogen-bond donors (Lipinski definition) is 0. The molecule has 0 spiro atoms. The van der Waals surface area contributed by atoms with E-state index in [0.717, 1.165) is 5.56 Å². The van der Waals surface area contributed by atoms with Gasteiger partial charge in [0.1, 0.15) is 11.0 Å². The molecule has 2 rings (SSSR count). The second-order valence-corrected chi connectivity index (χ2v) is 9.17. The molecule has 0 saturated carbocycles. The zero-order chi connectivity index (χ0) is 15.7. The Morgan fingerprint density at radius 3 is 2.57 bits per heavy atom. The fourth-order valence-electron chi connectivity index (χ4n) is 1.80. The van der Waals surface area contributed by atoms with Gasteiger partial charge in [-0.05, 0) is 38.3 Å². The van der Waals surface area contributed by atoms with Crippen LogP contribution in [0.1, 0.15) is 37.5 Å². The summed E-state index contributed by atoms with van der Waals surface area (Å²) in [6, 6.07) is 3.63. The maximum absolute atomic E-state index is 12.4. The molecule has 0 unspecified atom stereocenters. The molecule has 0 atom stereocenters. The van der Waals surface area contributed by atoms with Crippen molar-refractivity contribution < 1.29 is 17.9 Å². The summed E-state index contributed by atoms with van der Waals surface area (Å²) in [6.07, 6.45) is 0.922. The molecule has 0 aliphatic carbocycles. The first-order valence-electron chi connectivity index (χ1n) is 6.44. The van der Waals surface area contributed by atoms with Crippen LogP contribution in [0.25, 0.3) is 6.08 Å². The molecular formula is C14H17NO4S2. The Morgan fingerprint density at radius 2 is 2.05 bits per heavy atom. The third kappa shape index (κ3) is 3.19. The van der Waals surface area contributed by atoms with Crippen molar-refractivity contribution in [3.8, 4) is 6.07 Å². The molecule has 1 saturated heterocycles. The Bertz CT molecular complexity index is 683. The van der Waals surface area contributed by atoms with Crippen molar-refractivity contribution in [2.24, 2.45) is 0 Å². The van der Waals surface area contributed by atoms with Gasteiger partial charge in [-0.2, -0.15) is 5.26 Å². The quantitative estimate of drug-likeness (QED) is 0.798. The number of rotatable bonds is 3. The summed E-state index contributed by atoms with van der Waals surface area (Å²) in [5.74, 6) is 0. The average molecular weight is 327 g/mol. The van der Waals surface area contributed by atoms with E-state index in [1.165, 1.54) is 17.4 Å². The first kappa shape index (κ1) is 16.2. The third-order valence-electron chi connectivity index (χ3n) is 3.07. The molecule has 0 radical (unpaired) electrons. The van der Waals surface area contributed by atoms with Gasteiger partial charge in [-0.15, -0.1) is 11.3 Å². The lowest BCUT2D eigenvalue weighted by Crippen LogP contribution is -2.28. The smallest absolute Gasteiger partial charge is 0.193 e. The minimum Gasteiger partial charge on any atom is -0.346 e. The standard InChI is InChI=1S/C14H17NO4S2/c1-14(2,3)21(16,17)10(9-15)8-12-11(4-7-20-12)13-18-5-6-19-13/h4,7-8,13H,5-6H2,1-3H3. The normalized spacial score (nSPS) is 17.9. The zero-order valence-corrected chi connectivity index (χ0v) is 13.8. The van der Waals surface area contributed by atoms with Crippen LogP contribution in [-0.2, 0) is 19.3 Å². The van der Waals surface area contributed by atoms with E-state index in [1.807, 2.05) is 11.4 Å². The van der Waals surface area contributed by atoms with Crippen LogP contribution in [-0.4, -0.2) is 26.4 Å². The van der Waals surface area contributed by atoms with Gasteiger partial charge in [-0.1, -0.05) is 0 Å². The lowest BCUT2D eigenvalue weighted by Gasteiger charge is -2.18. The molecule has 1 aromatic rings. The van der Waals surface area contributed by atoms with Crippen LogP contribution < -0.4 is 0 Å². The Labute approximate surface area is 128 Å². The zero-order valence-electron chi connectivity index (χ0n) is 12.1. The van der Waals surface area contributed by atoms with Crippen LogP contribution in [0, 0.1) is 11.3 Å². The number of allylic oxidation sites excluding steroid dienone is 1. The fourth-order valence-corrected chi connectivity index (χ4v) is 3.77. The second-order valence-electron chi connectivity index (χ2n) is 5.55. The van der Waals surface area contributed by atoms with E-state index in [0.29, 0.717) is 18.1 Å². The van der Waals surface area contributed by atoms with Crippen molar-refractivity contribution >= 4 is 27.3 Å². The molecule has 1 aliphatic rings. The highest BCUT2D eigenvalue weighted by Gasteiger charge is 2.33. The largest absolute Gasteiger partial charge is 0.346 e. The monoisotopic (exact) mass is 327 g/mol. The van der Waals surface area contributed by atoms with Crippen molar-refractivity contribution in [3.05, 3.63) is 26.8 Å². The van der Waals surface area contributed by atoms with Gasteiger partial charge in [0.25, 0.3) is 0 Å². The molecule has 2 heterocycles. The topological polar surface area (TPSA) is 76.4 Å². The highest BCUT2D eigenvalue weighted by Crippen LogP contribution is 2.33. The van der Waals surface area contributed by atoms with Gasteiger partial charge in [-0.25, -0.2) is 8.42 Å². The molecule has 0 N–H and O–H groups in total. The van der Waals surface area contributed by atoms with E-state index in [2.05, 4.69) is 0 Å². The molecule has 1 fully saturated rings. The molecule has 7 heteroatoms. The minimum absolute atomic E-state index is 0.239. The van der Waals surface area contributed by atoms with Crippen LogP contribution in [0.4, 0.5) is 0 Å². The summed E-state index contributed by atoms with van der Waals surface area (Å²) in [7, 11) is -3.68. The van der Waals surface area contributed by atoms with Gasteiger partial charge >= 0.3 is 0 Å². The number of thiophene rings is 1. The predicted molar refractivity (Wildman–Crippen MR) is 81.2 cm³/mol. The summed E-state index contributed by atoms with van der Waals surface area (Å²) < 4.78 is 34.6. The van der Waals surface area contributed by atoms with Gasteiger partial charge < -0.3 is 9.47 Å². The number of sulfone groups is 1. The average Bonchev–Trinajstić information content (AvgIpc) is 3.04. The highest BCUT2D eigenvalue weighted by atomic mass is 32.2. The predicted octanol–water partition coefficient (Wildman–Crippen LogP) is 2.87. The highest BCUT2D eigenvalue weighted by molar-refractivity contribution is 7.97. The molecular weight excluding hydrogens is 310 g/mol. The second kappa shape index (κ2) is 5.89. The number of nitriles is 1. The first-order valence-corrected chi connectivity index (χ1v) is 8.80. The van der Waals surface area contributed by atoms with E-state index in [-0.39, 0.29) is 4.91 Å². The summed E-state index contributed by atoms with van der Waals surface area (Å²) in [4.78, 5) is 0.433. The summed E-state index contributed by atoms with van der Waals surface area (Å²) in [5.41, 5.74) is 0.759. The maximum atomic E-state index is 12.4. The van der Waals surface area contributed by atoms with Crippen LogP contribution in [0.15, 0.2) is 16.4 Å². The van der Waals surface area contributed by atoms with Crippen molar-refractivity contribution in [3.63, 3.8) is 0 Å². The number of hydrogen-bond acceptors (Lipinski definition) is 6. The van der Waals surface area contributed by atoms with Gasteiger partial charge in [0, 0.05) is 10.4 Å². The summed E-state index contributed by atoms with van der Waals surface area (Å²) >= 11 is 1.35. The molecule has 0 aromatic carbocycles. The van der Waals surface area contributed by atoms with E-state index in [4.69, 9.17) is 9.47 Å². The SMILES string of the molecule is CC(C)(C)S(=O)(=O)C(C#N)=Cc1sccc1C1OCCO1. The van der Waals surface area contributed by atoms with E-state index < -0.39 is 20.9 Å². The third-order valence-corrected chi connectivity index (χ3v) is 6.35. The lowest BCUT2D eigenvalue weighted by molar-refractivity contribution is -0.0439. The van der Waals surface area contributed by atoms with Gasteiger partial charge in [-0.3, -0.25) is 0 Å².